The van der Waals surface area contributed by atoms with Crippen LogP contribution in [0.3, 0.4) is 0 Å². The zero-order valence-electron chi connectivity index (χ0n) is 27.9. The van der Waals surface area contributed by atoms with Gasteiger partial charge >= 0.3 is 4.38 Å². The van der Waals surface area contributed by atoms with Crippen molar-refractivity contribution in [2.45, 2.75) is 140 Å². The average Bonchev–Trinajstić information content (AvgIpc) is 3.00. The lowest BCUT2D eigenvalue weighted by molar-refractivity contribution is 0.00380. The lowest BCUT2D eigenvalue weighted by Gasteiger charge is -2.11. The molecule has 0 atom stereocenters. The molecule has 2 rings (SSSR count). The Hall–Kier alpha value is -2.68. The summed E-state index contributed by atoms with van der Waals surface area (Å²) in [4.78, 5) is 2.18. The van der Waals surface area contributed by atoms with Gasteiger partial charge in [-0.25, -0.2) is 16.8 Å². The minimum Gasteiger partial charge on any atom is -0.493 e. The van der Waals surface area contributed by atoms with Crippen molar-refractivity contribution in [3.8, 4) is 11.5 Å². The van der Waals surface area contributed by atoms with Crippen LogP contribution in [0, 0.1) is 13.8 Å². The molecule has 0 spiro atoms. The number of benzene rings is 2. The molecule has 0 aliphatic carbocycles. The van der Waals surface area contributed by atoms with Crippen molar-refractivity contribution in [3.63, 3.8) is 0 Å². The summed E-state index contributed by atoms with van der Waals surface area (Å²) in [7, 11) is -9.33. The lowest BCUT2D eigenvalue weighted by atomic mass is 10.1. The predicted octanol–water partition coefficient (Wildman–Crippen LogP) is 9.18. The molecule has 0 radical (unpaired) electrons. The first kappa shape index (κ1) is 38.5. The van der Waals surface area contributed by atoms with Crippen molar-refractivity contribution >= 4 is 24.1 Å². The van der Waals surface area contributed by atoms with E-state index >= 15 is 0 Å². The number of unbranched alkanes of at least 4 members (excludes halogenated alkanes) is 14. The number of rotatable bonds is 22. The van der Waals surface area contributed by atoms with E-state index in [0.717, 1.165) is 38.5 Å². The summed E-state index contributed by atoms with van der Waals surface area (Å²) < 4.78 is 64.0. The lowest BCUT2D eigenvalue weighted by Crippen LogP contribution is -2.26. The molecule has 2 aromatic rings. The molecule has 252 valence electrons. The standard InChI is InChI=1S/C35H54N2O6S2/c1-5-7-9-11-13-15-17-19-25-42-33-23-21-31(27-29(33)3)44(38,39)35(37-36)45(40,41)32-22-24-34(30(4)28-32)43-26-20-18-16-14-12-10-8-6-2/h21-24,27-28H,5-20,25-26H2,1-4H3. The van der Waals surface area contributed by atoms with Crippen LogP contribution in [0.5, 0.6) is 11.5 Å². The van der Waals surface area contributed by atoms with Gasteiger partial charge in [-0.1, -0.05) is 104 Å². The molecule has 8 nitrogen and oxygen atoms in total. The fourth-order valence-electron chi connectivity index (χ4n) is 5.19. The van der Waals surface area contributed by atoms with E-state index in [-0.39, 0.29) is 9.79 Å². The number of nitrogens with zero attached hydrogens (tertiary/aromatic N) is 2. The zero-order valence-corrected chi connectivity index (χ0v) is 29.5. The van der Waals surface area contributed by atoms with E-state index in [0.29, 0.717) is 35.8 Å². The molecule has 0 N–H and O–H groups in total. The fraction of sp³-hybridized carbons (Fsp3) is 0.629. The largest absolute Gasteiger partial charge is 0.504 e. The van der Waals surface area contributed by atoms with Gasteiger partial charge in [0.2, 0.25) is 0 Å². The number of hydrogen-bond acceptors (Lipinski definition) is 6. The summed E-state index contributed by atoms with van der Waals surface area (Å²) in [6.45, 7) is 8.83. The van der Waals surface area contributed by atoms with Crippen LogP contribution in [0.1, 0.15) is 128 Å². The highest BCUT2D eigenvalue weighted by Gasteiger charge is 2.44. The maximum absolute atomic E-state index is 13.4. The van der Waals surface area contributed by atoms with Crippen LogP contribution in [0.15, 0.2) is 46.2 Å². The van der Waals surface area contributed by atoms with Gasteiger partial charge in [0, 0.05) is 0 Å². The first-order valence-corrected chi connectivity index (χ1v) is 19.7. The molecule has 0 aromatic heterocycles. The van der Waals surface area contributed by atoms with Crippen LogP contribution in [0.2, 0.25) is 0 Å². The Morgan fingerprint density at radius 1 is 0.578 bits per heavy atom. The summed E-state index contributed by atoms with van der Waals surface area (Å²) in [5, 5.41) is 0. The van der Waals surface area contributed by atoms with Gasteiger partial charge in [0.25, 0.3) is 19.7 Å². The van der Waals surface area contributed by atoms with Crippen LogP contribution >= 0.6 is 0 Å². The highest BCUT2D eigenvalue weighted by atomic mass is 32.3. The molecular weight excluding hydrogens is 609 g/mol. The SMILES string of the molecule is CCCCCCCCCCOc1ccc(S(=O)(=O)C(=[N+]=[N-])S(=O)(=O)c2ccc(OCCCCCCCCCC)c(C)c2)cc1C. The van der Waals surface area contributed by atoms with E-state index in [1.54, 1.807) is 13.8 Å². The molecule has 0 heterocycles. The van der Waals surface area contributed by atoms with Gasteiger partial charge in [0.15, 0.2) is 0 Å². The van der Waals surface area contributed by atoms with Gasteiger partial charge < -0.3 is 15.0 Å². The number of aryl methyl sites for hydroxylation is 2. The van der Waals surface area contributed by atoms with Gasteiger partial charge in [-0.15, -0.1) is 4.79 Å². The number of ether oxygens (including phenoxy) is 2. The Labute approximate surface area is 272 Å². The minimum atomic E-state index is -4.67. The zero-order chi connectivity index (χ0) is 33.1. The van der Waals surface area contributed by atoms with E-state index in [1.807, 2.05) is 0 Å². The Balaban J connectivity index is 1.98. The topological polar surface area (TPSA) is 123 Å². The van der Waals surface area contributed by atoms with Crippen molar-refractivity contribution in [1.82, 2.24) is 0 Å². The summed E-state index contributed by atoms with van der Waals surface area (Å²) in [6.07, 6.45) is 18.8. The quantitative estimate of drug-likeness (QED) is 0.0407. The second kappa shape index (κ2) is 20.4. The third-order valence-corrected chi connectivity index (χ3v) is 12.1. The summed E-state index contributed by atoms with van der Waals surface area (Å²) in [5.74, 6) is 1.06. The van der Waals surface area contributed by atoms with Gasteiger partial charge in [-0.05, 0) is 74.2 Å². The van der Waals surface area contributed by atoms with Crippen molar-refractivity contribution < 1.29 is 31.1 Å². The van der Waals surface area contributed by atoms with E-state index in [4.69, 9.17) is 9.47 Å². The van der Waals surface area contributed by atoms with Gasteiger partial charge in [-0.2, -0.15) is 0 Å². The molecule has 0 unspecified atom stereocenters. The smallest absolute Gasteiger partial charge is 0.493 e. The molecule has 45 heavy (non-hydrogen) atoms. The van der Waals surface area contributed by atoms with Crippen LogP contribution in [0.4, 0.5) is 0 Å². The Bertz CT molecular complexity index is 1340. The number of sulfone groups is 2. The molecule has 0 saturated carbocycles. The van der Waals surface area contributed by atoms with Crippen LogP contribution in [-0.4, -0.2) is 39.2 Å². The molecule has 10 heteroatoms. The summed E-state index contributed by atoms with van der Waals surface area (Å²) >= 11 is 0. The molecule has 0 saturated heterocycles. The second-order valence-corrected chi connectivity index (χ2v) is 15.9. The highest BCUT2D eigenvalue weighted by Crippen LogP contribution is 2.28. The van der Waals surface area contributed by atoms with Gasteiger partial charge in [0.1, 0.15) is 11.5 Å². The highest BCUT2D eigenvalue weighted by molar-refractivity contribution is 8.31. The van der Waals surface area contributed by atoms with Gasteiger partial charge in [-0.3, -0.25) is 0 Å². The second-order valence-electron chi connectivity index (χ2n) is 11.9. The molecule has 0 bridgehead atoms. The normalized spacial score (nSPS) is 11.7. The van der Waals surface area contributed by atoms with Crippen molar-refractivity contribution in [3.05, 3.63) is 53.1 Å². The van der Waals surface area contributed by atoms with E-state index in [9.17, 15) is 22.4 Å². The Morgan fingerprint density at radius 3 is 1.22 bits per heavy atom. The molecular formula is C35H54N2O6S2. The van der Waals surface area contributed by atoms with Crippen molar-refractivity contribution in [2.75, 3.05) is 13.2 Å². The van der Waals surface area contributed by atoms with Crippen molar-refractivity contribution in [1.29, 1.82) is 0 Å². The Morgan fingerprint density at radius 2 is 0.911 bits per heavy atom. The van der Waals surface area contributed by atoms with Crippen LogP contribution < -0.4 is 9.47 Å². The Kier molecular flexibility index (Phi) is 17.5. The third kappa shape index (κ3) is 12.6. The third-order valence-electron chi connectivity index (χ3n) is 7.97. The van der Waals surface area contributed by atoms with Crippen molar-refractivity contribution in [2.24, 2.45) is 0 Å². The minimum absolute atomic E-state index is 0.294. The van der Waals surface area contributed by atoms with Gasteiger partial charge in [0.05, 0.1) is 23.0 Å². The number of hydrogen-bond donors (Lipinski definition) is 0. The van der Waals surface area contributed by atoms with E-state index in [1.165, 1.54) is 101 Å². The first-order valence-electron chi connectivity index (χ1n) is 16.8. The molecule has 0 amide bonds. The van der Waals surface area contributed by atoms with E-state index in [2.05, 4.69) is 18.6 Å². The summed E-state index contributed by atoms with van der Waals surface area (Å²) in [6, 6.07) is 8.26. The molecule has 0 aliphatic heterocycles. The van der Waals surface area contributed by atoms with E-state index < -0.39 is 24.1 Å². The predicted molar refractivity (Wildman–Crippen MR) is 182 cm³/mol. The fourth-order valence-corrected chi connectivity index (χ4v) is 8.70. The first-order chi connectivity index (χ1) is 21.6. The maximum Gasteiger partial charge on any atom is 0.504 e. The van der Waals surface area contributed by atoms with Crippen LogP contribution in [0.25, 0.3) is 5.53 Å². The van der Waals surface area contributed by atoms with Crippen LogP contribution in [-0.2, 0) is 19.7 Å². The maximum atomic E-state index is 13.4. The monoisotopic (exact) mass is 662 g/mol. The summed E-state index contributed by atoms with van der Waals surface area (Å²) in [5.41, 5.74) is 10.7. The molecule has 0 fully saturated rings. The molecule has 2 aromatic carbocycles. The average molecular weight is 663 g/mol. The molecule has 0 aliphatic rings.